The first kappa shape index (κ1) is 16.1. The van der Waals surface area contributed by atoms with Crippen molar-refractivity contribution in [1.29, 1.82) is 0 Å². The summed E-state index contributed by atoms with van der Waals surface area (Å²) in [4.78, 5) is 9.66. The second-order valence-electron chi connectivity index (χ2n) is 5.64. The Labute approximate surface area is 158 Å². The number of nitrogens with two attached hydrogens (primary N) is 1. The molecule has 0 saturated heterocycles. The molecule has 0 aromatic carbocycles. The zero-order valence-corrected chi connectivity index (χ0v) is 16.5. The zero-order valence-electron chi connectivity index (χ0n) is 13.2. The molecule has 0 spiro atoms. The average molecular weight is 388 g/mol. The van der Waals surface area contributed by atoms with E-state index in [1.807, 2.05) is 40.1 Å². The van der Waals surface area contributed by atoms with E-state index in [2.05, 4.69) is 49.4 Å². The van der Waals surface area contributed by atoms with Crippen LogP contribution in [0.1, 0.15) is 14.6 Å². The highest BCUT2D eigenvalue weighted by Gasteiger charge is 2.08. The van der Waals surface area contributed by atoms with E-state index in [-0.39, 0.29) is 0 Å². The van der Waals surface area contributed by atoms with Gasteiger partial charge in [0, 0.05) is 34.1 Å². The topological polar surface area (TPSA) is 26.0 Å². The Balaban J connectivity index is 1.42. The fourth-order valence-electron chi connectivity index (χ4n) is 2.59. The van der Waals surface area contributed by atoms with Crippen LogP contribution in [-0.2, 0) is 12.8 Å². The van der Waals surface area contributed by atoms with Crippen molar-refractivity contribution in [2.75, 3.05) is 5.73 Å². The summed E-state index contributed by atoms with van der Waals surface area (Å²) in [6.07, 6.45) is 2.22. The predicted octanol–water partition coefficient (Wildman–Crippen LogP) is 6.94. The molecule has 0 aliphatic rings. The van der Waals surface area contributed by atoms with Crippen LogP contribution < -0.4 is 5.73 Å². The van der Waals surface area contributed by atoms with Gasteiger partial charge in [0.25, 0.3) is 0 Å². The molecule has 2 N–H and O–H groups in total. The first-order valence-electron chi connectivity index (χ1n) is 7.77. The number of nitrogen functional groups attached to an aromatic ring is 1. The molecule has 0 radical (unpaired) electrons. The van der Waals surface area contributed by atoms with Crippen molar-refractivity contribution >= 4 is 50.3 Å². The summed E-state index contributed by atoms with van der Waals surface area (Å²) in [5, 5.41) is 0.884. The lowest BCUT2D eigenvalue weighted by Gasteiger charge is -1.95. The van der Waals surface area contributed by atoms with Crippen LogP contribution in [-0.4, -0.2) is 0 Å². The van der Waals surface area contributed by atoms with E-state index < -0.39 is 0 Å². The third-order valence-electron chi connectivity index (χ3n) is 3.79. The van der Waals surface area contributed by atoms with Gasteiger partial charge in [-0.15, -0.1) is 45.3 Å². The quantitative estimate of drug-likeness (QED) is 0.394. The highest BCUT2D eigenvalue weighted by molar-refractivity contribution is 7.24. The Morgan fingerprint density at radius 2 is 1.12 bits per heavy atom. The van der Waals surface area contributed by atoms with Crippen molar-refractivity contribution < 1.29 is 0 Å². The molecule has 4 aromatic heterocycles. The second kappa shape index (κ2) is 6.84. The molecule has 4 aromatic rings. The van der Waals surface area contributed by atoms with Gasteiger partial charge in [-0.3, -0.25) is 0 Å². The van der Waals surface area contributed by atoms with E-state index in [9.17, 15) is 0 Å². The van der Waals surface area contributed by atoms with Crippen molar-refractivity contribution in [3.8, 4) is 19.5 Å². The molecule has 0 amide bonds. The number of anilines is 1. The number of thiophene rings is 4. The Morgan fingerprint density at radius 3 is 1.62 bits per heavy atom. The second-order valence-corrected chi connectivity index (χ2v) is 10.4. The fraction of sp³-hybridized carbons (Fsp3) is 0.158. The molecule has 0 atom stereocenters. The van der Waals surface area contributed by atoms with E-state index in [0.29, 0.717) is 0 Å². The minimum atomic E-state index is 0.884. The van der Waals surface area contributed by atoms with Crippen molar-refractivity contribution in [3.63, 3.8) is 0 Å². The Bertz CT molecular complexity index is 875. The van der Waals surface area contributed by atoms with Crippen molar-refractivity contribution in [2.45, 2.75) is 19.8 Å². The maximum Gasteiger partial charge on any atom is 0.0863 e. The molecule has 0 aliphatic carbocycles. The molecular formula is C19H17NS4. The summed E-state index contributed by atoms with van der Waals surface area (Å²) in [7, 11) is 0. The first-order valence-corrected chi connectivity index (χ1v) is 11.0. The van der Waals surface area contributed by atoms with Gasteiger partial charge in [0.1, 0.15) is 0 Å². The largest absolute Gasteiger partial charge is 0.391 e. The van der Waals surface area contributed by atoms with Crippen LogP contribution in [0, 0.1) is 6.92 Å². The molecule has 0 unspecified atom stereocenters. The lowest BCUT2D eigenvalue weighted by Crippen LogP contribution is -1.83. The molecule has 4 rings (SSSR count). The van der Waals surface area contributed by atoms with Gasteiger partial charge in [0.2, 0.25) is 0 Å². The van der Waals surface area contributed by atoms with E-state index in [1.54, 1.807) is 11.3 Å². The number of hydrogen-bond acceptors (Lipinski definition) is 5. The maximum atomic E-state index is 5.83. The molecule has 0 aliphatic heterocycles. The number of aryl methyl sites for hydroxylation is 3. The average Bonchev–Trinajstić information content (AvgIpc) is 3.32. The Kier molecular flexibility index (Phi) is 4.59. The Morgan fingerprint density at radius 1 is 0.625 bits per heavy atom. The fourth-order valence-corrected chi connectivity index (χ4v) is 6.43. The summed E-state index contributed by atoms with van der Waals surface area (Å²) in [6, 6.07) is 17.6. The summed E-state index contributed by atoms with van der Waals surface area (Å²) < 4.78 is 0. The van der Waals surface area contributed by atoms with Crippen molar-refractivity contribution in [3.05, 3.63) is 63.2 Å². The van der Waals surface area contributed by atoms with Crippen molar-refractivity contribution in [1.82, 2.24) is 0 Å². The van der Waals surface area contributed by atoms with Crippen LogP contribution in [0.4, 0.5) is 5.00 Å². The Hall–Kier alpha value is -1.40. The SMILES string of the molecule is Cc1ccc(-c2ccc(CCc3ccc(-c4ccc(N)s4)s3)s2)s1. The number of hydrogen-bond donors (Lipinski definition) is 1. The highest BCUT2D eigenvalue weighted by Crippen LogP contribution is 2.36. The van der Waals surface area contributed by atoms with Crippen LogP contribution in [0.15, 0.2) is 48.5 Å². The van der Waals surface area contributed by atoms with E-state index in [1.165, 1.54) is 34.1 Å². The van der Waals surface area contributed by atoms with Crippen LogP contribution in [0.25, 0.3) is 19.5 Å². The molecule has 24 heavy (non-hydrogen) atoms. The van der Waals surface area contributed by atoms with E-state index >= 15 is 0 Å². The van der Waals surface area contributed by atoms with Gasteiger partial charge in [0.15, 0.2) is 0 Å². The third kappa shape index (κ3) is 3.49. The lowest BCUT2D eigenvalue weighted by molar-refractivity contribution is 1.00. The van der Waals surface area contributed by atoms with Crippen LogP contribution in [0.5, 0.6) is 0 Å². The van der Waals surface area contributed by atoms with Gasteiger partial charge in [-0.25, -0.2) is 0 Å². The van der Waals surface area contributed by atoms with Gasteiger partial charge in [-0.1, -0.05) is 0 Å². The van der Waals surface area contributed by atoms with Gasteiger partial charge in [0.05, 0.1) is 5.00 Å². The van der Waals surface area contributed by atoms with Gasteiger partial charge < -0.3 is 5.73 Å². The van der Waals surface area contributed by atoms with Crippen molar-refractivity contribution in [2.24, 2.45) is 0 Å². The van der Waals surface area contributed by atoms with Crippen LogP contribution in [0.2, 0.25) is 0 Å². The van der Waals surface area contributed by atoms with Gasteiger partial charge in [-0.05, 0) is 68.3 Å². The number of rotatable bonds is 5. The monoisotopic (exact) mass is 387 g/mol. The maximum absolute atomic E-state index is 5.83. The first-order chi connectivity index (χ1) is 11.7. The highest BCUT2D eigenvalue weighted by atomic mass is 32.1. The zero-order chi connectivity index (χ0) is 16.5. The third-order valence-corrected chi connectivity index (χ3v) is 8.39. The molecule has 0 saturated carbocycles. The normalized spacial score (nSPS) is 11.2. The summed E-state index contributed by atoms with van der Waals surface area (Å²) >= 11 is 7.35. The molecule has 4 heterocycles. The van der Waals surface area contributed by atoms with Crippen LogP contribution >= 0.6 is 45.3 Å². The van der Waals surface area contributed by atoms with E-state index in [0.717, 1.165) is 17.8 Å². The standard InChI is InChI=1S/C19H17NS4/c1-12-2-7-15(21-12)16-8-5-13(22-16)3-4-14-6-9-17(23-14)18-10-11-19(20)24-18/h2,5-11H,3-4,20H2,1H3. The summed E-state index contributed by atoms with van der Waals surface area (Å²) in [5.74, 6) is 0. The van der Waals surface area contributed by atoms with Gasteiger partial charge in [-0.2, -0.15) is 0 Å². The van der Waals surface area contributed by atoms with E-state index in [4.69, 9.17) is 5.73 Å². The molecule has 122 valence electrons. The molecule has 0 bridgehead atoms. The summed E-state index contributed by atoms with van der Waals surface area (Å²) in [5.41, 5.74) is 5.83. The lowest BCUT2D eigenvalue weighted by atomic mass is 10.2. The smallest absolute Gasteiger partial charge is 0.0863 e. The molecule has 5 heteroatoms. The van der Waals surface area contributed by atoms with Crippen LogP contribution in [0.3, 0.4) is 0 Å². The molecule has 1 nitrogen and oxygen atoms in total. The molecular weight excluding hydrogens is 370 g/mol. The minimum absolute atomic E-state index is 0.884. The predicted molar refractivity (Wildman–Crippen MR) is 112 cm³/mol. The minimum Gasteiger partial charge on any atom is -0.391 e. The molecule has 0 fully saturated rings. The summed E-state index contributed by atoms with van der Waals surface area (Å²) in [6.45, 7) is 2.16. The van der Waals surface area contributed by atoms with Gasteiger partial charge >= 0.3 is 0 Å².